The number of rotatable bonds is 4. The number of hydrogen-bond acceptors (Lipinski definition) is 3. The maximum Gasteiger partial charge on any atom is 0.129 e. The molecule has 1 N–H and O–H groups in total. The Morgan fingerprint density at radius 1 is 1.50 bits per heavy atom. The summed E-state index contributed by atoms with van der Waals surface area (Å²) in [5.74, 6) is 0. The summed E-state index contributed by atoms with van der Waals surface area (Å²) < 4.78 is 5.41. The van der Waals surface area contributed by atoms with Crippen molar-refractivity contribution < 1.29 is 4.74 Å². The first-order valence-corrected chi connectivity index (χ1v) is 6.14. The second-order valence-electron chi connectivity index (χ2n) is 4.11. The molecule has 0 aliphatic carbocycles. The second kappa shape index (κ2) is 6.18. The molecule has 1 aromatic heterocycles. The Morgan fingerprint density at radius 2 is 2.44 bits per heavy atom. The molecule has 88 valence electrons. The predicted octanol–water partition coefficient (Wildman–Crippen LogP) is 2.05. The average molecular weight is 241 g/mol. The van der Waals surface area contributed by atoms with Crippen molar-refractivity contribution >= 4 is 11.6 Å². The van der Waals surface area contributed by atoms with Gasteiger partial charge < -0.3 is 10.1 Å². The third-order valence-electron chi connectivity index (χ3n) is 2.80. The molecule has 2 rings (SSSR count). The van der Waals surface area contributed by atoms with E-state index >= 15 is 0 Å². The van der Waals surface area contributed by atoms with Crippen molar-refractivity contribution in [3.05, 3.63) is 29.0 Å². The van der Waals surface area contributed by atoms with Crippen LogP contribution >= 0.6 is 11.6 Å². The fourth-order valence-electron chi connectivity index (χ4n) is 1.88. The molecule has 2 heterocycles. The summed E-state index contributed by atoms with van der Waals surface area (Å²) in [6.07, 6.45) is 5.21. The van der Waals surface area contributed by atoms with Crippen molar-refractivity contribution in [2.24, 2.45) is 0 Å². The molecule has 1 fully saturated rings. The number of hydrogen-bond donors (Lipinski definition) is 1. The van der Waals surface area contributed by atoms with E-state index in [0.717, 1.165) is 26.2 Å². The topological polar surface area (TPSA) is 34.1 Å². The lowest BCUT2D eigenvalue weighted by Crippen LogP contribution is -2.37. The van der Waals surface area contributed by atoms with Crippen LogP contribution in [0.2, 0.25) is 5.15 Å². The summed E-state index contributed by atoms with van der Waals surface area (Å²) in [6.45, 7) is 2.73. The van der Waals surface area contributed by atoms with Crippen LogP contribution in [0.3, 0.4) is 0 Å². The SMILES string of the molecule is Clc1ccc(CCNC2CCCOC2)cn1. The van der Waals surface area contributed by atoms with Gasteiger partial charge in [-0.15, -0.1) is 0 Å². The highest BCUT2D eigenvalue weighted by Crippen LogP contribution is 2.07. The lowest BCUT2D eigenvalue weighted by atomic mass is 10.1. The van der Waals surface area contributed by atoms with E-state index in [2.05, 4.69) is 10.3 Å². The van der Waals surface area contributed by atoms with Gasteiger partial charge in [0, 0.05) is 18.8 Å². The van der Waals surface area contributed by atoms with Gasteiger partial charge in [0.2, 0.25) is 0 Å². The first kappa shape index (κ1) is 11.8. The Kier molecular flexibility index (Phi) is 4.57. The van der Waals surface area contributed by atoms with Crippen LogP contribution in [0.25, 0.3) is 0 Å². The first-order valence-electron chi connectivity index (χ1n) is 5.76. The molecule has 16 heavy (non-hydrogen) atoms. The molecule has 3 nitrogen and oxygen atoms in total. The molecule has 0 bridgehead atoms. The molecular weight excluding hydrogens is 224 g/mol. The minimum absolute atomic E-state index is 0.522. The number of nitrogens with one attached hydrogen (secondary N) is 1. The molecular formula is C12H17ClN2O. The normalized spacial score (nSPS) is 20.9. The fraction of sp³-hybridized carbons (Fsp3) is 0.583. The molecule has 1 unspecified atom stereocenters. The van der Waals surface area contributed by atoms with Gasteiger partial charge in [-0.2, -0.15) is 0 Å². The fourth-order valence-corrected chi connectivity index (χ4v) is 1.99. The summed E-state index contributed by atoms with van der Waals surface area (Å²) in [5, 5.41) is 4.05. The van der Waals surface area contributed by atoms with E-state index < -0.39 is 0 Å². The number of pyridine rings is 1. The minimum Gasteiger partial charge on any atom is -0.380 e. The largest absolute Gasteiger partial charge is 0.380 e. The molecule has 1 aliphatic heterocycles. The zero-order valence-corrected chi connectivity index (χ0v) is 10.0. The first-order chi connectivity index (χ1) is 7.84. The van der Waals surface area contributed by atoms with E-state index in [-0.39, 0.29) is 0 Å². The van der Waals surface area contributed by atoms with Gasteiger partial charge >= 0.3 is 0 Å². The van der Waals surface area contributed by atoms with E-state index in [4.69, 9.17) is 16.3 Å². The van der Waals surface area contributed by atoms with Crippen LogP contribution in [0.1, 0.15) is 18.4 Å². The maximum absolute atomic E-state index is 5.72. The van der Waals surface area contributed by atoms with Gasteiger partial charge in [-0.05, 0) is 37.4 Å². The lowest BCUT2D eigenvalue weighted by molar-refractivity contribution is 0.0707. The van der Waals surface area contributed by atoms with Gasteiger partial charge in [0.15, 0.2) is 0 Å². The standard InChI is InChI=1S/C12H17ClN2O/c13-12-4-3-10(8-15-12)5-6-14-11-2-1-7-16-9-11/h3-4,8,11,14H,1-2,5-7,9H2. The Balaban J connectivity index is 1.69. The minimum atomic E-state index is 0.522. The van der Waals surface area contributed by atoms with Gasteiger partial charge in [0.05, 0.1) is 6.61 Å². The highest BCUT2D eigenvalue weighted by Gasteiger charge is 2.12. The van der Waals surface area contributed by atoms with Gasteiger partial charge in [-0.3, -0.25) is 0 Å². The summed E-state index contributed by atoms with van der Waals surface area (Å²) >= 11 is 5.72. The number of ether oxygens (including phenoxy) is 1. The summed E-state index contributed by atoms with van der Waals surface area (Å²) in [7, 11) is 0. The zero-order valence-electron chi connectivity index (χ0n) is 9.29. The number of halogens is 1. The third-order valence-corrected chi connectivity index (χ3v) is 3.02. The Morgan fingerprint density at radius 3 is 3.12 bits per heavy atom. The van der Waals surface area contributed by atoms with Gasteiger partial charge in [0.1, 0.15) is 5.15 Å². The van der Waals surface area contributed by atoms with Gasteiger partial charge in [-0.25, -0.2) is 4.98 Å². The monoisotopic (exact) mass is 240 g/mol. The van der Waals surface area contributed by atoms with E-state index in [0.29, 0.717) is 11.2 Å². The Hall–Kier alpha value is -0.640. The van der Waals surface area contributed by atoms with Crippen LogP contribution in [-0.2, 0) is 11.2 Å². The quantitative estimate of drug-likeness (QED) is 0.818. The van der Waals surface area contributed by atoms with Crippen LogP contribution in [0, 0.1) is 0 Å². The molecule has 0 radical (unpaired) electrons. The van der Waals surface area contributed by atoms with Crippen LogP contribution in [0.15, 0.2) is 18.3 Å². The van der Waals surface area contributed by atoms with Crippen molar-refractivity contribution in [2.75, 3.05) is 19.8 Å². The number of aromatic nitrogens is 1. The van der Waals surface area contributed by atoms with E-state index in [1.165, 1.54) is 18.4 Å². The van der Waals surface area contributed by atoms with E-state index in [1.807, 2.05) is 18.3 Å². The highest BCUT2D eigenvalue weighted by molar-refractivity contribution is 6.29. The maximum atomic E-state index is 5.72. The van der Waals surface area contributed by atoms with Crippen LogP contribution in [0.5, 0.6) is 0 Å². The van der Waals surface area contributed by atoms with Crippen LogP contribution in [0.4, 0.5) is 0 Å². The summed E-state index contributed by atoms with van der Waals surface area (Å²) in [5.41, 5.74) is 1.22. The second-order valence-corrected chi connectivity index (χ2v) is 4.49. The molecule has 1 aliphatic rings. The van der Waals surface area contributed by atoms with Crippen molar-refractivity contribution in [2.45, 2.75) is 25.3 Å². The smallest absolute Gasteiger partial charge is 0.129 e. The molecule has 1 atom stereocenters. The highest BCUT2D eigenvalue weighted by atomic mass is 35.5. The molecule has 1 saturated heterocycles. The van der Waals surface area contributed by atoms with Crippen molar-refractivity contribution in [1.82, 2.24) is 10.3 Å². The summed E-state index contributed by atoms with van der Waals surface area (Å²) in [4.78, 5) is 4.06. The van der Waals surface area contributed by atoms with Gasteiger partial charge in [-0.1, -0.05) is 17.7 Å². The zero-order chi connectivity index (χ0) is 11.2. The average Bonchev–Trinajstić information content (AvgIpc) is 2.33. The summed E-state index contributed by atoms with van der Waals surface area (Å²) in [6, 6.07) is 4.38. The molecule has 0 amide bonds. The third kappa shape index (κ3) is 3.74. The van der Waals surface area contributed by atoms with Crippen molar-refractivity contribution in [1.29, 1.82) is 0 Å². The molecule has 4 heteroatoms. The van der Waals surface area contributed by atoms with Crippen LogP contribution in [-0.4, -0.2) is 30.8 Å². The van der Waals surface area contributed by atoms with Crippen molar-refractivity contribution in [3.63, 3.8) is 0 Å². The van der Waals surface area contributed by atoms with Crippen LogP contribution < -0.4 is 5.32 Å². The Bertz CT molecular complexity index is 309. The van der Waals surface area contributed by atoms with Gasteiger partial charge in [0.25, 0.3) is 0 Å². The van der Waals surface area contributed by atoms with Crippen molar-refractivity contribution in [3.8, 4) is 0 Å². The van der Waals surface area contributed by atoms with E-state index in [1.54, 1.807) is 0 Å². The molecule has 0 spiro atoms. The molecule has 1 aromatic rings. The molecule has 0 saturated carbocycles. The number of nitrogens with zero attached hydrogens (tertiary/aromatic N) is 1. The molecule has 0 aromatic carbocycles. The Labute approximate surface area is 101 Å². The predicted molar refractivity (Wildman–Crippen MR) is 64.8 cm³/mol. The van der Waals surface area contributed by atoms with E-state index in [9.17, 15) is 0 Å². The lowest BCUT2D eigenvalue weighted by Gasteiger charge is -2.23.